The van der Waals surface area contributed by atoms with Gasteiger partial charge in [0.25, 0.3) is 5.91 Å². The summed E-state index contributed by atoms with van der Waals surface area (Å²) in [6.45, 7) is 4.38. The fourth-order valence-electron chi connectivity index (χ4n) is 1.83. The summed E-state index contributed by atoms with van der Waals surface area (Å²) in [5.74, 6) is -0.0434. The van der Waals surface area contributed by atoms with Crippen LogP contribution in [0.15, 0.2) is 54.6 Å². The van der Waals surface area contributed by atoms with Crippen molar-refractivity contribution in [1.82, 2.24) is 5.32 Å². The molecule has 0 aliphatic carbocycles. The van der Waals surface area contributed by atoms with Gasteiger partial charge in [-0.25, -0.2) is 0 Å². The number of amides is 1. The van der Waals surface area contributed by atoms with Crippen molar-refractivity contribution in [3.8, 4) is 0 Å². The van der Waals surface area contributed by atoms with Crippen molar-refractivity contribution in [2.45, 2.75) is 13.0 Å². The first-order valence-corrected chi connectivity index (χ1v) is 6.00. The van der Waals surface area contributed by atoms with Crippen molar-refractivity contribution in [3.63, 3.8) is 0 Å². The van der Waals surface area contributed by atoms with Crippen LogP contribution in [0.2, 0.25) is 0 Å². The Morgan fingerprint density at radius 2 is 1.67 bits per heavy atom. The van der Waals surface area contributed by atoms with Gasteiger partial charge < -0.3 is 5.32 Å². The largest absolute Gasteiger partial charge is 0.348 e. The van der Waals surface area contributed by atoms with Gasteiger partial charge in [-0.15, -0.1) is 0 Å². The fourth-order valence-corrected chi connectivity index (χ4v) is 1.83. The van der Waals surface area contributed by atoms with E-state index in [1.807, 2.05) is 54.6 Å². The fraction of sp³-hybridized carbons (Fsp3) is 0.125. The molecule has 2 heteroatoms. The van der Waals surface area contributed by atoms with Gasteiger partial charge in [0.15, 0.2) is 0 Å². The molecular weight excluding hydrogens is 222 g/mol. The smallest absolute Gasteiger partial charge is 0.251 e. The van der Waals surface area contributed by atoms with E-state index in [1.165, 1.54) is 0 Å². The zero-order valence-corrected chi connectivity index (χ0v) is 10.2. The maximum atomic E-state index is 12.1. The summed E-state index contributed by atoms with van der Waals surface area (Å²) >= 11 is 0. The van der Waals surface area contributed by atoms with Crippen molar-refractivity contribution in [3.05, 3.63) is 78.2 Å². The van der Waals surface area contributed by atoms with E-state index in [2.05, 4.69) is 12.2 Å². The third-order valence-corrected chi connectivity index (χ3v) is 2.83. The van der Waals surface area contributed by atoms with Crippen LogP contribution >= 0.6 is 0 Å². The van der Waals surface area contributed by atoms with Crippen molar-refractivity contribution < 1.29 is 4.79 Å². The number of rotatable bonds is 4. The molecule has 0 atom stereocenters. The summed E-state index contributed by atoms with van der Waals surface area (Å²) < 4.78 is 0. The maximum absolute atomic E-state index is 12.1. The highest BCUT2D eigenvalue weighted by molar-refractivity contribution is 5.95. The molecule has 0 spiro atoms. The van der Waals surface area contributed by atoms with E-state index in [0.717, 1.165) is 11.1 Å². The first kappa shape index (κ1) is 12.4. The predicted octanol–water partition coefficient (Wildman–Crippen LogP) is 2.99. The van der Waals surface area contributed by atoms with Crippen LogP contribution in [0.1, 0.15) is 21.5 Å². The first-order chi connectivity index (χ1) is 8.81. The lowest BCUT2D eigenvalue weighted by Gasteiger charge is -2.08. The Kier molecular flexibility index (Phi) is 4.13. The Labute approximate surface area is 108 Å². The van der Waals surface area contributed by atoms with Gasteiger partial charge in [-0.3, -0.25) is 4.79 Å². The quantitative estimate of drug-likeness (QED) is 0.871. The highest BCUT2D eigenvalue weighted by Gasteiger charge is 2.08. The molecule has 0 bridgehead atoms. The molecule has 0 heterocycles. The minimum atomic E-state index is -0.0434. The molecule has 1 N–H and O–H groups in total. The lowest BCUT2D eigenvalue weighted by atomic mass is 10.0. The van der Waals surface area contributed by atoms with Gasteiger partial charge in [0.1, 0.15) is 0 Å². The van der Waals surface area contributed by atoms with Crippen molar-refractivity contribution in [2.75, 3.05) is 0 Å². The Bertz CT molecular complexity index is 520. The lowest BCUT2D eigenvalue weighted by Crippen LogP contribution is -2.23. The van der Waals surface area contributed by atoms with Crippen LogP contribution in [0.3, 0.4) is 0 Å². The Hall–Kier alpha value is -2.09. The van der Waals surface area contributed by atoms with Crippen molar-refractivity contribution in [2.24, 2.45) is 0 Å². The normalized spacial score (nSPS) is 10.1. The second-order valence-electron chi connectivity index (χ2n) is 4.08. The second kappa shape index (κ2) is 6.01. The van der Waals surface area contributed by atoms with Gasteiger partial charge in [-0.05, 0) is 30.5 Å². The van der Waals surface area contributed by atoms with Crippen LogP contribution < -0.4 is 5.32 Å². The standard InChI is InChI=1S/C16H16NO/c1-2-14-10-6-7-11-15(14)16(18)17-12-13-8-4-3-5-9-13/h3-11H,1-2,12H2,(H,17,18). The lowest BCUT2D eigenvalue weighted by molar-refractivity contribution is 0.0950. The summed E-state index contributed by atoms with van der Waals surface area (Å²) in [4.78, 5) is 12.1. The van der Waals surface area contributed by atoms with E-state index in [-0.39, 0.29) is 5.91 Å². The Balaban J connectivity index is 2.04. The van der Waals surface area contributed by atoms with E-state index in [1.54, 1.807) is 0 Å². The van der Waals surface area contributed by atoms with Crippen LogP contribution in [0, 0.1) is 6.92 Å². The molecule has 0 saturated carbocycles. The number of carbonyl (C=O) groups excluding carboxylic acids is 1. The summed E-state index contributed by atoms with van der Waals surface area (Å²) in [5.41, 5.74) is 2.78. The molecule has 91 valence electrons. The summed E-state index contributed by atoms with van der Waals surface area (Å²) in [6, 6.07) is 17.4. The van der Waals surface area contributed by atoms with Crippen LogP contribution in [0.5, 0.6) is 0 Å². The molecule has 0 aliphatic heterocycles. The summed E-state index contributed by atoms with van der Waals surface area (Å²) in [6.07, 6.45) is 0.620. The molecule has 0 unspecified atom stereocenters. The summed E-state index contributed by atoms with van der Waals surface area (Å²) in [7, 11) is 0. The van der Waals surface area contributed by atoms with E-state index < -0.39 is 0 Å². The van der Waals surface area contributed by atoms with Gasteiger partial charge in [-0.1, -0.05) is 48.5 Å². The Morgan fingerprint density at radius 1 is 1.00 bits per heavy atom. The minimum Gasteiger partial charge on any atom is -0.348 e. The number of hydrogen-bond donors (Lipinski definition) is 1. The molecule has 2 rings (SSSR count). The molecule has 0 saturated heterocycles. The second-order valence-corrected chi connectivity index (χ2v) is 4.08. The zero-order valence-electron chi connectivity index (χ0n) is 10.2. The SMILES string of the molecule is [CH2]Cc1ccccc1C(=O)NCc1ccccc1. The number of hydrogen-bond acceptors (Lipinski definition) is 1. The number of benzene rings is 2. The predicted molar refractivity (Wildman–Crippen MR) is 73.1 cm³/mol. The molecule has 2 aromatic carbocycles. The molecular formula is C16H16NO. The highest BCUT2D eigenvalue weighted by Crippen LogP contribution is 2.09. The van der Waals surface area contributed by atoms with Crippen molar-refractivity contribution >= 4 is 5.91 Å². The average molecular weight is 238 g/mol. The van der Waals surface area contributed by atoms with Gasteiger partial charge >= 0.3 is 0 Å². The zero-order chi connectivity index (χ0) is 12.8. The van der Waals surface area contributed by atoms with E-state index in [9.17, 15) is 4.79 Å². The topological polar surface area (TPSA) is 29.1 Å². The Morgan fingerprint density at radius 3 is 2.39 bits per heavy atom. The summed E-state index contributed by atoms with van der Waals surface area (Å²) in [5, 5.41) is 2.92. The molecule has 18 heavy (non-hydrogen) atoms. The van der Waals surface area contributed by atoms with Gasteiger partial charge in [-0.2, -0.15) is 0 Å². The van der Waals surface area contributed by atoms with Crippen LogP contribution in [0.4, 0.5) is 0 Å². The van der Waals surface area contributed by atoms with Gasteiger partial charge in [0, 0.05) is 12.1 Å². The van der Waals surface area contributed by atoms with Gasteiger partial charge in [0.05, 0.1) is 0 Å². The van der Waals surface area contributed by atoms with Gasteiger partial charge in [0.2, 0.25) is 0 Å². The molecule has 2 aromatic rings. The third kappa shape index (κ3) is 2.98. The van der Waals surface area contributed by atoms with Crippen LogP contribution in [-0.2, 0) is 13.0 Å². The van der Waals surface area contributed by atoms with E-state index >= 15 is 0 Å². The highest BCUT2D eigenvalue weighted by atomic mass is 16.1. The van der Waals surface area contributed by atoms with Crippen LogP contribution in [-0.4, -0.2) is 5.91 Å². The molecule has 1 radical (unpaired) electrons. The molecule has 2 nitrogen and oxygen atoms in total. The first-order valence-electron chi connectivity index (χ1n) is 6.00. The van der Waals surface area contributed by atoms with E-state index in [0.29, 0.717) is 18.5 Å². The van der Waals surface area contributed by atoms with Crippen LogP contribution in [0.25, 0.3) is 0 Å². The molecule has 0 aromatic heterocycles. The maximum Gasteiger partial charge on any atom is 0.251 e. The molecule has 0 fully saturated rings. The average Bonchev–Trinajstić information content (AvgIpc) is 2.45. The minimum absolute atomic E-state index is 0.0434. The number of nitrogens with one attached hydrogen (secondary N) is 1. The monoisotopic (exact) mass is 238 g/mol. The molecule has 1 amide bonds. The van der Waals surface area contributed by atoms with Crippen molar-refractivity contribution in [1.29, 1.82) is 0 Å². The number of carbonyl (C=O) groups is 1. The third-order valence-electron chi connectivity index (χ3n) is 2.83. The molecule has 0 aliphatic rings. The van der Waals surface area contributed by atoms with E-state index in [4.69, 9.17) is 0 Å².